The number of hydrogen-bond donors (Lipinski definition) is 8. The summed E-state index contributed by atoms with van der Waals surface area (Å²) < 4.78 is 21.5. The number of ketones is 1. The van der Waals surface area contributed by atoms with Gasteiger partial charge < -0.3 is 59.8 Å². The van der Waals surface area contributed by atoms with E-state index in [4.69, 9.17) is 29.2 Å². The van der Waals surface area contributed by atoms with Crippen LogP contribution in [0.15, 0.2) is 0 Å². The van der Waals surface area contributed by atoms with E-state index in [1.165, 1.54) is 11.8 Å². The first-order chi connectivity index (χ1) is 18.1. The Morgan fingerprint density at radius 3 is 1.34 bits per heavy atom. The average molecular weight is 560 g/mol. The highest BCUT2D eigenvalue weighted by molar-refractivity contribution is 5.75. The van der Waals surface area contributed by atoms with Crippen molar-refractivity contribution < 1.29 is 64.6 Å². The standard InChI is InChI=1S/C24H49NO13/c1-18(28)4-8-35-10-12-37-14-15-38-13-11-36-9-5-25(16-21(31)23(33)19(29)2-6-26)17-22(32)24(34)20(30)3-7-27/h19-24,26-27,29-34H,2-17H2,1H3. The summed E-state index contributed by atoms with van der Waals surface area (Å²) in [5.74, 6) is 0.0742. The normalized spacial score (nSPS) is 16.8. The van der Waals surface area contributed by atoms with Gasteiger partial charge in [0, 0.05) is 39.3 Å². The van der Waals surface area contributed by atoms with Crippen molar-refractivity contribution in [2.75, 3.05) is 85.7 Å². The molecule has 0 bridgehead atoms. The fourth-order valence-electron chi connectivity index (χ4n) is 3.29. The van der Waals surface area contributed by atoms with E-state index in [9.17, 15) is 35.4 Å². The lowest BCUT2D eigenvalue weighted by molar-refractivity contribution is -0.118. The molecule has 14 heteroatoms. The molecule has 0 heterocycles. The Balaban J connectivity index is 4.34. The molecule has 228 valence electrons. The van der Waals surface area contributed by atoms with E-state index >= 15 is 0 Å². The topological polar surface area (TPSA) is 219 Å². The molecule has 0 radical (unpaired) electrons. The first kappa shape index (κ1) is 37.1. The van der Waals surface area contributed by atoms with Gasteiger partial charge in [0.1, 0.15) is 18.0 Å². The first-order valence-corrected chi connectivity index (χ1v) is 13.0. The molecule has 0 amide bonds. The summed E-state index contributed by atoms with van der Waals surface area (Å²) in [6.07, 6.45) is -8.52. The number of nitrogens with zero attached hydrogens (tertiary/aromatic N) is 1. The molecule has 6 atom stereocenters. The van der Waals surface area contributed by atoms with E-state index in [1.54, 1.807) is 0 Å². The molecule has 0 fully saturated rings. The molecule has 0 aromatic heterocycles. The number of carbonyl (C=O) groups is 1. The van der Waals surface area contributed by atoms with Gasteiger partial charge >= 0.3 is 0 Å². The van der Waals surface area contributed by atoms with Crippen LogP contribution in [0, 0.1) is 0 Å². The van der Waals surface area contributed by atoms with Gasteiger partial charge in [0.05, 0.1) is 77.3 Å². The van der Waals surface area contributed by atoms with Crippen LogP contribution in [-0.4, -0.2) is 174 Å². The minimum Gasteiger partial charge on any atom is -0.396 e. The second kappa shape index (κ2) is 24.0. The van der Waals surface area contributed by atoms with Crippen molar-refractivity contribution in [2.45, 2.75) is 62.8 Å². The van der Waals surface area contributed by atoms with Crippen LogP contribution in [0.5, 0.6) is 0 Å². The summed E-state index contributed by atoms with van der Waals surface area (Å²) in [6, 6.07) is 0. The second-order valence-corrected chi connectivity index (χ2v) is 8.94. The lowest BCUT2D eigenvalue weighted by Crippen LogP contribution is -2.50. The van der Waals surface area contributed by atoms with Crippen LogP contribution in [0.25, 0.3) is 0 Å². The first-order valence-electron chi connectivity index (χ1n) is 13.0. The summed E-state index contributed by atoms with van der Waals surface area (Å²) in [6.45, 7) is 3.12. The van der Waals surface area contributed by atoms with Crippen molar-refractivity contribution in [2.24, 2.45) is 0 Å². The Morgan fingerprint density at radius 1 is 0.605 bits per heavy atom. The fourth-order valence-corrected chi connectivity index (χ4v) is 3.29. The summed E-state index contributed by atoms with van der Waals surface area (Å²) in [5.41, 5.74) is 0. The van der Waals surface area contributed by atoms with Gasteiger partial charge in [0.25, 0.3) is 0 Å². The monoisotopic (exact) mass is 559 g/mol. The van der Waals surface area contributed by atoms with E-state index in [0.717, 1.165) is 0 Å². The second-order valence-electron chi connectivity index (χ2n) is 8.94. The molecule has 0 aromatic rings. The van der Waals surface area contributed by atoms with E-state index in [2.05, 4.69) is 0 Å². The van der Waals surface area contributed by atoms with Gasteiger partial charge in [-0.15, -0.1) is 0 Å². The number of hydrogen-bond acceptors (Lipinski definition) is 14. The SMILES string of the molecule is CC(=O)CCOCCOCCOCCOCCN(CC(O)C(O)C(O)CCO)CC(O)C(O)C(O)CCO. The molecule has 8 N–H and O–H groups in total. The zero-order valence-corrected chi connectivity index (χ0v) is 22.3. The summed E-state index contributed by atoms with van der Waals surface area (Å²) in [5, 5.41) is 78.2. The van der Waals surface area contributed by atoms with E-state index in [0.29, 0.717) is 46.1 Å². The lowest BCUT2D eigenvalue weighted by Gasteiger charge is -2.32. The van der Waals surface area contributed by atoms with Crippen molar-refractivity contribution in [3.63, 3.8) is 0 Å². The number of aliphatic hydroxyl groups is 8. The zero-order valence-electron chi connectivity index (χ0n) is 22.3. The maximum Gasteiger partial charge on any atom is 0.132 e. The quantitative estimate of drug-likeness (QED) is 0.0454. The Kier molecular flexibility index (Phi) is 23.5. The third kappa shape index (κ3) is 19.2. The predicted molar refractivity (Wildman–Crippen MR) is 134 cm³/mol. The zero-order chi connectivity index (χ0) is 28.8. The van der Waals surface area contributed by atoms with Gasteiger partial charge in [0.2, 0.25) is 0 Å². The van der Waals surface area contributed by atoms with Gasteiger partial charge in [-0.3, -0.25) is 9.69 Å². The Bertz CT molecular complexity index is 533. The number of aliphatic hydroxyl groups excluding tert-OH is 8. The fraction of sp³-hybridized carbons (Fsp3) is 0.958. The van der Waals surface area contributed by atoms with Crippen molar-refractivity contribution >= 4 is 5.78 Å². The molecule has 0 rings (SSSR count). The van der Waals surface area contributed by atoms with Gasteiger partial charge in [0.15, 0.2) is 0 Å². The number of carbonyl (C=O) groups excluding carboxylic acids is 1. The van der Waals surface area contributed by atoms with Crippen LogP contribution in [0.2, 0.25) is 0 Å². The van der Waals surface area contributed by atoms with Crippen LogP contribution in [0.3, 0.4) is 0 Å². The highest BCUT2D eigenvalue weighted by Gasteiger charge is 2.30. The Hall–Kier alpha value is -0.850. The van der Waals surface area contributed by atoms with E-state index < -0.39 is 36.6 Å². The van der Waals surface area contributed by atoms with Crippen LogP contribution in [0.4, 0.5) is 0 Å². The maximum atomic E-state index is 10.8. The van der Waals surface area contributed by atoms with E-state index in [-0.39, 0.29) is 64.7 Å². The Labute approximate surface area is 224 Å². The summed E-state index contributed by atoms with van der Waals surface area (Å²) in [4.78, 5) is 12.3. The highest BCUT2D eigenvalue weighted by atomic mass is 16.6. The molecule has 6 unspecified atom stereocenters. The van der Waals surface area contributed by atoms with Gasteiger partial charge in [-0.1, -0.05) is 0 Å². The molecule has 0 saturated heterocycles. The molecule has 0 spiro atoms. The molecule has 38 heavy (non-hydrogen) atoms. The molecule has 14 nitrogen and oxygen atoms in total. The van der Waals surface area contributed by atoms with Crippen LogP contribution < -0.4 is 0 Å². The van der Waals surface area contributed by atoms with Gasteiger partial charge in [-0.2, -0.15) is 0 Å². The van der Waals surface area contributed by atoms with Gasteiger partial charge in [-0.25, -0.2) is 0 Å². The van der Waals surface area contributed by atoms with Crippen LogP contribution in [0.1, 0.15) is 26.2 Å². The maximum absolute atomic E-state index is 10.8. The molecule has 0 aliphatic rings. The van der Waals surface area contributed by atoms with Crippen molar-refractivity contribution in [3.8, 4) is 0 Å². The molecule has 0 aromatic carbocycles. The number of Topliss-reactive ketones (excluding diaryl/α,β-unsaturated/α-hetero) is 1. The highest BCUT2D eigenvalue weighted by Crippen LogP contribution is 2.10. The molecule has 0 saturated carbocycles. The summed E-state index contributed by atoms with van der Waals surface area (Å²) in [7, 11) is 0. The third-order valence-electron chi connectivity index (χ3n) is 5.58. The van der Waals surface area contributed by atoms with Crippen LogP contribution in [-0.2, 0) is 23.7 Å². The predicted octanol–water partition coefficient (Wildman–Crippen LogP) is -3.74. The average Bonchev–Trinajstić information content (AvgIpc) is 2.87. The van der Waals surface area contributed by atoms with Crippen LogP contribution >= 0.6 is 0 Å². The molecule has 0 aliphatic heterocycles. The van der Waals surface area contributed by atoms with Crippen molar-refractivity contribution in [1.82, 2.24) is 4.90 Å². The minimum absolute atomic E-state index is 0.0742. The van der Waals surface area contributed by atoms with Crippen molar-refractivity contribution in [1.29, 1.82) is 0 Å². The largest absolute Gasteiger partial charge is 0.396 e. The lowest BCUT2D eigenvalue weighted by atomic mass is 10.0. The molecular weight excluding hydrogens is 510 g/mol. The number of ether oxygens (including phenoxy) is 4. The van der Waals surface area contributed by atoms with E-state index in [1.807, 2.05) is 0 Å². The van der Waals surface area contributed by atoms with Crippen molar-refractivity contribution in [3.05, 3.63) is 0 Å². The Morgan fingerprint density at radius 2 is 0.974 bits per heavy atom. The number of rotatable bonds is 27. The van der Waals surface area contributed by atoms with Gasteiger partial charge in [-0.05, 0) is 19.8 Å². The minimum atomic E-state index is -1.55. The molecular formula is C24H49NO13. The smallest absolute Gasteiger partial charge is 0.132 e. The molecule has 0 aliphatic carbocycles. The third-order valence-corrected chi connectivity index (χ3v) is 5.58. The summed E-state index contributed by atoms with van der Waals surface area (Å²) >= 11 is 0.